The summed E-state index contributed by atoms with van der Waals surface area (Å²) < 4.78 is 19.2. The van der Waals surface area contributed by atoms with Crippen LogP contribution in [0.25, 0.3) is 0 Å². The number of halogens is 1. The van der Waals surface area contributed by atoms with E-state index in [1.165, 1.54) is 11.8 Å². The Morgan fingerprint density at radius 2 is 1.90 bits per heavy atom. The molecular weight excluding hydrogens is 538 g/mol. The van der Waals surface area contributed by atoms with Gasteiger partial charge in [-0.3, -0.25) is 9.59 Å². The third-order valence-corrected chi connectivity index (χ3v) is 10.1. The molecular formula is C29H36ClN3O5S. The molecule has 1 saturated heterocycles. The molecule has 1 aromatic heterocycles. The number of aromatic amines is 1. The van der Waals surface area contributed by atoms with Gasteiger partial charge in [-0.25, -0.2) is 0 Å². The van der Waals surface area contributed by atoms with Crippen molar-refractivity contribution in [1.82, 2.24) is 14.8 Å². The Labute approximate surface area is 238 Å². The number of nitrogens with one attached hydrogen (secondary N) is 1. The van der Waals surface area contributed by atoms with E-state index in [2.05, 4.69) is 24.0 Å². The van der Waals surface area contributed by atoms with Crippen LogP contribution in [-0.2, 0) is 16.7 Å². The largest absolute Gasteiger partial charge is 0.446 e. The molecule has 2 fully saturated rings. The minimum absolute atomic E-state index is 0.128. The van der Waals surface area contributed by atoms with E-state index in [1.807, 2.05) is 38.0 Å². The molecule has 10 heteroatoms. The molecule has 4 heterocycles. The van der Waals surface area contributed by atoms with Crippen LogP contribution in [0.4, 0.5) is 0 Å². The van der Waals surface area contributed by atoms with Gasteiger partial charge in [-0.1, -0.05) is 11.6 Å². The Morgan fingerprint density at radius 1 is 1.18 bits per heavy atom. The van der Waals surface area contributed by atoms with Crippen molar-refractivity contribution in [2.45, 2.75) is 81.2 Å². The molecule has 1 aliphatic carbocycles. The predicted molar refractivity (Wildman–Crippen MR) is 152 cm³/mol. The highest BCUT2D eigenvalue weighted by Gasteiger charge is 2.57. The summed E-state index contributed by atoms with van der Waals surface area (Å²) in [6.07, 6.45) is 5.32. The molecule has 39 heavy (non-hydrogen) atoms. The summed E-state index contributed by atoms with van der Waals surface area (Å²) in [5, 5.41) is 0.472. The van der Waals surface area contributed by atoms with Crippen LogP contribution in [0.3, 0.4) is 0 Å². The van der Waals surface area contributed by atoms with Gasteiger partial charge in [-0.05, 0) is 71.5 Å². The normalized spacial score (nSPS) is 26.9. The van der Waals surface area contributed by atoms with Gasteiger partial charge in [-0.15, -0.1) is 11.8 Å². The molecule has 0 radical (unpaired) electrons. The minimum atomic E-state index is -1.03. The molecule has 2 aromatic rings. The fraction of sp³-hybridized carbons (Fsp3) is 0.586. The van der Waals surface area contributed by atoms with Crippen LogP contribution >= 0.6 is 23.4 Å². The smallest absolute Gasteiger partial charge is 0.274 e. The molecule has 1 saturated carbocycles. The number of aromatic nitrogens is 1. The van der Waals surface area contributed by atoms with Crippen molar-refractivity contribution in [2.75, 3.05) is 33.5 Å². The molecule has 1 N–H and O–H groups in total. The lowest BCUT2D eigenvalue weighted by Crippen LogP contribution is -2.53. The van der Waals surface area contributed by atoms with Crippen molar-refractivity contribution in [3.63, 3.8) is 0 Å². The number of nitrogens with zero attached hydrogens (tertiary/aromatic N) is 2. The molecule has 4 aliphatic rings. The van der Waals surface area contributed by atoms with Gasteiger partial charge in [0.15, 0.2) is 11.5 Å². The number of rotatable bonds is 5. The molecule has 0 bridgehead atoms. The van der Waals surface area contributed by atoms with Crippen LogP contribution in [0.15, 0.2) is 15.8 Å². The second kappa shape index (κ2) is 9.43. The SMILES string of the molecule is CSc1cc(C)[nH]c(=O)c1CN1CC2(CC2)c2c(Cl)c3c(c(C)c2C1=O)O[C@@](C)([C@@H]1CC[C@@H](N(C)C)CO1)O3. The second-order valence-electron chi connectivity index (χ2n) is 11.9. The van der Waals surface area contributed by atoms with Crippen LogP contribution < -0.4 is 15.0 Å². The number of hydrogen-bond donors (Lipinski definition) is 1. The number of thioether (sulfide) groups is 1. The first-order chi connectivity index (χ1) is 18.5. The average Bonchev–Trinajstić information content (AvgIpc) is 3.56. The molecule has 8 nitrogen and oxygen atoms in total. The number of H-pyrrole nitrogens is 1. The molecule has 1 amide bonds. The summed E-state index contributed by atoms with van der Waals surface area (Å²) in [4.78, 5) is 34.7. The Morgan fingerprint density at radius 3 is 2.51 bits per heavy atom. The summed E-state index contributed by atoms with van der Waals surface area (Å²) in [7, 11) is 4.13. The van der Waals surface area contributed by atoms with Crippen molar-refractivity contribution in [2.24, 2.45) is 0 Å². The average molecular weight is 574 g/mol. The van der Waals surface area contributed by atoms with E-state index in [0.717, 1.165) is 47.4 Å². The zero-order valence-electron chi connectivity index (χ0n) is 23.4. The van der Waals surface area contributed by atoms with Crippen molar-refractivity contribution in [3.05, 3.63) is 49.4 Å². The lowest BCUT2D eigenvalue weighted by molar-refractivity contribution is -0.190. The number of likely N-dealkylation sites (N-methyl/N-ethyl adjacent to an activating group) is 1. The number of carbonyl (C=O) groups is 1. The number of benzene rings is 1. The maximum Gasteiger partial charge on any atom is 0.274 e. The van der Waals surface area contributed by atoms with E-state index in [-0.39, 0.29) is 29.5 Å². The first-order valence-corrected chi connectivity index (χ1v) is 15.2. The highest BCUT2D eigenvalue weighted by atomic mass is 35.5. The molecule has 6 rings (SSSR count). The molecule has 1 spiro atoms. The van der Waals surface area contributed by atoms with Gasteiger partial charge >= 0.3 is 0 Å². The zero-order valence-corrected chi connectivity index (χ0v) is 25.0. The molecule has 3 aliphatic heterocycles. The number of pyridine rings is 1. The van der Waals surface area contributed by atoms with Gasteiger partial charge in [0.1, 0.15) is 6.10 Å². The third kappa shape index (κ3) is 4.28. The summed E-state index contributed by atoms with van der Waals surface area (Å²) in [6, 6.07) is 2.32. The maximum atomic E-state index is 14.1. The van der Waals surface area contributed by atoms with Crippen LogP contribution in [0.2, 0.25) is 5.02 Å². The lowest BCUT2D eigenvalue weighted by atomic mass is 9.83. The standard InChI is InChI=1S/C29H36ClN3O5S/c1-15-11-19(39-6)18(26(34)31-15)12-33-14-29(9-10-29)22-21(27(33)35)16(2)24-25(23(22)30)38-28(3,37-24)20-8-7-17(13-36-20)32(4)5/h11,17,20H,7-10,12-14H2,1-6H3,(H,31,34)/t17-,20+,28-/m1/s1. The summed E-state index contributed by atoms with van der Waals surface area (Å²) >= 11 is 8.60. The summed E-state index contributed by atoms with van der Waals surface area (Å²) in [6.45, 7) is 7.05. The van der Waals surface area contributed by atoms with E-state index in [9.17, 15) is 9.59 Å². The molecule has 0 unspecified atom stereocenters. The first kappa shape index (κ1) is 27.0. The van der Waals surface area contributed by atoms with Gasteiger partial charge in [-0.2, -0.15) is 0 Å². The summed E-state index contributed by atoms with van der Waals surface area (Å²) in [5.41, 5.74) is 3.22. The van der Waals surface area contributed by atoms with Crippen molar-refractivity contribution >= 4 is 29.3 Å². The van der Waals surface area contributed by atoms with E-state index in [1.54, 1.807) is 0 Å². The van der Waals surface area contributed by atoms with Crippen molar-refractivity contribution in [3.8, 4) is 11.5 Å². The van der Waals surface area contributed by atoms with Gasteiger partial charge in [0.05, 0.1) is 29.3 Å². The molecule has 3 atom stereocenters. The van der Waals surface area contributed by atoms with E-state index < -0.39 is 5.79 Å². The first-order valence-electron chi connectivity index (χ1n) is 13.6. The van der Waals surface area contributed by atoms with E-state index in [4.69, 9.17) is 25.8 Å². The van der Waals surface area contributed by atoms with Crippen LogP contribution in [0, 0.1) is 13.8 Å². The van der Waals surface area contributed by atoms with Gasteiger partial charge < -0.3 is 29.0 Å². The number of fused-ring (bicyclic) bond motifs is 3. The van der Waals surface area contributed by atoms with E-state index in [0.29, 0.717) is 46.8 Å². The van der Waals surface area contributed by atoms with E-state index >= 15 is 0 Å². The van der Waals surface area contributed by atoms with Crippen molar-refractivity contribution in [1.29, 1.82) is 0 Å². The Bertz CT molecular complexity index is 1410. The number of amides is 1. The van der Waals surface area contributed by atoms with Gasteiger partial charge in [0, 0.05) is 41.1 Å². The monoisotopic (exact) mass is 573 g/mol. The second-order valence-corrected chi connectivity index (χ2v) is 13.1. The van der Waals surface area contributed by atoms with Crippen LogP contribution in [-0.4, -0.2) is 72.1 Å². The highest BCUT2D eigenvalue weighted by Crippen LogP contribution is 2.61. The fourth-order valence-electron chi connectivity index (χ4n) is 6.46. The Hall–Kier alpha value is -2.20. The predicted octanol–water partition coefficient (Wildman–Crippen LogP) is 4.65. The maximum absolute atomic E-state index is 14.1. The quantitative estimate of drug-likeness (QED) is 0.521. The third-order valence-electron chi connectivity index (χ3n) is 8.94. The molecule has 210 valence electrons. The van der Waals surface area contributed by atoms with Gasteiger partial charge in [0.2, 0.25) is 0 Å². The summed E-state index contributed by atoms with van der Waals surface area (Å²) in [5.74, 6) is -0.124. The number of ether oxygens (including phenoxy) is 3. The van der Waals surface area contributed by atoms with Crippen LogP contribution in [0.1, 0.15) is 65.3 Å². The number of carbonyl (C=O) groups excluding carboxylic acids is 1. The zero-order chi connectivity index (χ0) is 27.9. The Balaban J connectivity index is 1.35. The number of hydrogen-bond acceptors (Lipinski definition) is 7. The highest BCUT2D eigenvalue weighted by molar-refractivity contribution is 7.98. The van der Waals surface area contributed by atoms with Crippen molar-refractivity contribution < 1.29 is 19.0 Å². The Kier molecular flexibility index (Phi) is 6.53. The number of aryl methyl sites for hydroxylation is 1. The fourth-order valence-corrected chi connectivity index (χ4v) is 7.58. The van der Waals surface area contributed by atoms with Crippen LogP contribution in [0.5, 0.6) is 11.5 Å². The van der Waals surface area contributed by atoms with Gasteiger partial charge in [0.25, 0.3) is 17.3 Å². The minimum Gasteiger partial charge on any atom is -0.446 e. The molecule has 1 aromatic carbocycles. The lowest BCUT2D eigenvalue weighted by Gasteiger charge is -2.38. The topological polar surface area (TPSA) is 84.1 Å².